The van der Waals surface area contributed by atoms with Crippen molar-refractivity contribution in [2.75, 3.05) is 7.11 Å². The number of halogens is 1. The summed E-state index contributed by atoms with van der Waals surface area (Å²) >= 11 is 5.88. The number of ether oxygens (including phenoxy) is 2. The Morgan fingerprint density at radius 1 is 1.40 bits per heavy atom. The van der Waals surface area contributed by atoms with Crippen LogP contribution >= 0.6 is 11.6 Å². The first kappa shape index (κ1) is 14.7. The van der Waals surface area contributed by atoms with Crippen LogP contribution in [0.25, 0.3) is 0 Å². The Morgan fingerprint density at radius 2 is 2.10 bits per heavy atom. The molecule has 0 N–H and O–H groups in total. The largest absolute Gasteiger partial charge is 0.341 e. The van der Waals surface area contributed by atoms with Gasteiger partial charge in [-0.2, -0.15) is 0 Å². The number of benzene rings is 1. The third-order valence-electron chi connectivity index (χ3n) is 2.97. The third-order valence-corrected chi connectivity index (χ3v) is 3.24. The van der Waals surface area contributed by atoms with Crippen LogP contribution in [0.4, 0.5) is 0 Å². The molecule has 0 aliphatic heterocycles. The van der Waals surface area contributed by atoms with Crippen molar-refractivity contribution in [3.05, 3.63) is 69.9 Å². The minimum absolute atomic E-state index is 0.192. The van der Waals surface area contributed by atoms with Crippen molar-refractivity contribution in [2.24, 2.45) is 0 Å². The Bertz CT molecular complexity index is 543. The number of hydrogen-bond acceptors (Lipinski definition) is 4. The van der Waals surface area contributed by atoms with Gasteiger partial charge < -0.3 is 9.47 Å². The van der Waals surface area contributed by atoms with Crippen LogP contribution in [0.3, 0.4) is 0 Å². The van der Waals surface area contributed by atoms with E-state index in [0.717, 1.165) is 5.56 Å². The molecule has 0 saturated carbocycles. The summed E-state index contributed by atoms with van der Waals surface area (Å²) in [6.07, 6.45) is 4.39. The highest BCUT2D eigenvalue weighted by Gasteiger charge is 2.44. The average molecular weight is 296 g/mol. The zero-order valence-corrected chi connectivity index (χ0v) is 11.6. The van der Waals surface area contributed by atoms with E-state index in [0.29, 0.717) is 0 Å². The Kier molecular flexibility index (Phi) is 4.54. The second-order valence-corrected chi connectivity index (χ2v) is 4.76. The molecule has 106 valence electrons. The minimum atomic E-state index is -1.51. The summed E-state index contributed by atoms with van der Waals surface area (Å²) < 4.78 is 10.9. The van der Waals surface area contributed by atoms with Crippen LogP contribution in [0.2, 0.25) is 0 Å². The molecule has 0 bridgehead atoms. The molecular formula is C14H14ClNO4. The fourth-order valence-corrected chi connectivity index (χ4v) is 2.13. The van der Waals surface area contributed by atoms with Gasteiger partial charge in [-0.25, -0.2) is 0 Å². The van der Waals surface area contributed by atoms with Crippen LogP contribution in [0.5, 0.6) is 0 Å². The number of nitro groups is 1. The number of allylic oxidation sites excluding steroid dienone is 2. The number of nitrogens with zero attached hydrogens (tertiary/aromatic N) is 1. The summed E-state index contributed by atoms with van der Waals surface area (Å²) in [7, 11) is 1.36. The van der Waals surface area contributed by atoms with E-state index in [9.17, 15) is 10.1 Å². The number of rotatable bonds is 5. The van der Waals surface area contributed by atoms with Gasteiger partial charge in [0.15, 0.2) is 0 Å². The average Bonchev–Trinajstić information content (AvgIpc) is 2.47. The molecular weight excluding hydrogens is 282 g/mol. The zero-order valence-electron chi connectivity index (χ0n) is 10.9. The van der Waals surface area contributed by atoms with Crippen LogP contribution in [-0.2, 0) is 16.1 Å². The van der Waals surface area contributed by atoms with E-state index in [2.05, 4.69) is 0 Å². The first-order chi connectivity index (χ1) is 9.57. The van der Waals surface area contributed by atoms with Crippen molar-refractivity contribution in [3.8, 4) is 0 Å². The highest BCUT2D eigenvalue weighted by atomic mass is 35.5. The Morgan fingerprint density at radius 3 is 2.70 bits per heavy atom. The molecule has 0 spiro atoms. The molecule has 1 aromatic rings. The first-order valence-corrected chi connectivity index (χ1v) is 6.44. The summed E-state index contributed by atoms with van der Waals surface area (Å²) in [6.45, 7) is 0.192. The molecule has 2 rings (SSSR count). The van der Waals surface area contributed by atoms with Gasteiger partial charge >= 0.3 is 5.70 Å². The lowest BCUT2D eigenvalue weighted by Crippen LogP contribution is -2.40. The van der Waals surface area contributed by atoms with Crippen LogP contribution in [0.15, 0.2) is 54.3 Å². The van der Waals surface area contributed by atoms with Gasteiger partial charge in [0.1, 0.15) is 0 Å². The molecule has 0 fully saturated rings. The second kappa shape index (κ2) is 6.17. The molecule has 0 saturated heterocycles. The van der Waals surface area contributed by atoms with E-state index in [1.165, 1.54) is 19.3 Å². The van der Waals surface area contributed by atoms with E-state index in [4.69, 9.17) is 21.1 Å². The van der Waals surface area contributed by atoms with Gasteiger partial charge in [-0.15, -0.1) is 11.6 Å². The number of alkyl halides is 1. The maximum absolute atomic E-state index is 11.2. The fourth-order valence-electron chi connectivity index (χ4n) is 1.93. The molecule has 2 unspecified atom stereocenters. The van der Waals surface area contributed by atoms with E-state index >= 15 is 0 Å². The van der Waals surface area contributed by atoms with Crippen molar-refractivity contribution in [1.82, 2.24) is 0 Å². The summed E-state index contributed by atoms with van der Waals surface area (Å²) in [5.41, 5.74) is 0.687. The third kappa shape index (κ3) is 3.07. The van der Waals surface area contributed by atoms with Gasteiger partial charge in [-0.05, 0) is 11.6 Å². The van der Waals surface area contributed by atoms with E-state index in [-0.39, 0.29) is 12.3 Å². The summed E-state index contributed by atoms with van der Waals surface area (Å²) in [4.78, 5) is 10.6. The van der Waals surface area contributed by atoms with Crippen molar-refractivity contribution >= 4 is 11.6 Å². The molecule has 0 heterocycles. The number of methoxy groups -OCH3 is 1. The van der Waals surface area contributed by atoms with Crippen molar-refractivity contribution in [1.29, 1.82) is 0 Å². The maximum atomic E-state index is 11.2. The SMILES string of the molecule is COC1(OCc2ccccc2)C=CC(Cl)C=C1[N+](=O)[O-]. The molecule has 5 nitrogen and oxygen atoms in total. The quantitative estimate of drug-likeness (QED) is 0.275. The van der Waals surface area contributed by atoms with Crippen molar-refractivity contribution in [3.63, 3.8) is 0 Å². The van der Waals surface area contributed by atoms with E-state index in [1.807, 2.05) is 30.3 Å². The van der Waals surface area contributed by atoms with Crippen LogP contribution in [0.1, 0.15) is 5.56 Å². The maximum Gasteiger partial charge on any atom is 0.307 e. The molecule has 0 amide bonds. The zero-order chi connectivity index (χ0) is 14.6. The molecule has 1 aromatic carbocycles. The topological polar surface area (TPSA) is 61.6 Å². The van der Waals surface area contributed by atoms with Gasteiger partial charge in [0.05, 0.1) is 16.9 Å². The van der Waals surface area contributed by atoms with Gasteiger partial charge in [0.2, 0.25) is 0 Å². The molecule has 0 radical (unpaired) electrons. The lowest BCUT2D eigenvalue weighted by molar-refractivity contribution is -0.460. The Labute approximate surface area is 121 Å². The lowest BCUT2D eigenvalue weighted by Gasteiger charge is -2.28. The summed E-state index contributed by atoms with van der Waals surface area (Å²) in [5, 5.41) is 10.6. The highest BCUT2D eigenvalue weighted by molar-refractivity contribution is 6.23. The smallest absolute Gasteiger partial charge is 0.307 e. The monoisotopic (exact) mass is 295 g/mol. The Hall–Kier alpha value is -1.69. The summed E-state index contributed by atoms with van der Waals surface area (Å²) in [6, 6.07) is 9.37. The van der Waals surface area contributed by atoms with Gasteiger partial charge in [0.25, 0.3) is 5.79 Å². The molecule has 20 heavy (non-hydrogen) atoms. The van der Waals surface area contributed by atoms with Gasteiger partial charge in [0, 0.05) is 13.2 Å². The second-order valence-electron chi connectivity index (χ2n) is 4.26. The fraction of sp³-hybridized carbons (Fsp3) is 0.286. The van der Waals surface area contributed by atoms with E-state index < -0.39 is 16.1 Å². The standard InChI is InChI=1S/C14H14ClNO4/c1-19-14(20-10-11-5-3-2-4-6-11)8-7-12(15)9-13(14)16(17)18/h2-9,12H,10H2,1H3. The van der Waals surface area contributed by atoms with Crippen LogP contribution in [-0.4, -0.2) is 23.2 Å². The first-order valence-electron chi connectivity index (χ1n) is 6.00. The van der Waals surface area contributed by atoms with Crippen LogP contribution < -0.4 is 0 Å². The van der Waals surface area contributed by atoms with Crippen molar-refractivity contribution < 1.29 is 14.4 Å². The minimum Gasteiger partial charge on any atom is -0.341 e. The van der Waals surface area contributed by atoms with Gasteiger partial charge in [-0.3, -0.25) is 10.1 Å². The summed E-state index contributed by atoms with van der Waals surface area (Å²) in [5.74, 6) is -1.51. The predicted octanol–water partition coefficient (Wildman–Crippen LogP) is 2.88. The van der Waals surface area contributed by atoms with Crippen LogP contribution in [0, 0.1) is 10.1 Å². The molecule has 1 aliphatic carbocycles. The predicted molar refractivity (Wildman–Crippen MR) is 74.8 cm³/mol. The molecule has 2 atom stereocenters. The van der Waals surface area contributed by atoms with E-state index in [1.54, 1.807) is 6.08 Å². The molecule has 6 heteroatoms. The highest BCUT2D eigenvalue weighted by Crippen LogP contribution is 2.31. The molecule has 0 aromatic heterocycles. The molecule has 1 aliphatic rings. The van der Waals surface area contributed by atoms with Crippen molar-refractivity contribution in [2.45, 2.75) is 17.8 Å². The van der Waals surface area contributed by atoms with Gasteiger partial charge in [-0.1, -0.05) is 36.4 Å². The normalized spacial score (nSPS) is 25.3. The number of hydrogen-bond donors (Lipinski definition) is 0. The lowest BCUT2D eigenvalue weighted by atomic mass is 10.1. The Balaban J connectivity index is 2.22.